The van der Waals surface area contributed by atoms with Gasteiger partial charge in [0.15, 0.2) is 0 Å². The van der Waals surface area contributed by atoms with Crippen LogP contribution in [0.2, 0.25) is 0 Å². The van der Waals surface area contributed by atoms with Crippen molar-refractivity contribution in [1.82, 2.24) is 0 Å². The van der Waals surface area contributed by atoms with Crippen molar-refractivity contribution in [3.05, 3.63) is 108 Å². The molecule has 0 amide bonds. The Labute approximate surface area is 200 Å². The van der Waals surface area contributed by atoms with Gasteiger partial charge in [-0.05, 0) is 36.0 Å². The minimum Gasteiger partial charge on any atom is -0.481 e. The van der Waals surface area contributed by atoms with Gasteiger partial charge in [0.1, 0.15) is 6.10 Å². The van der Waals surface area contributed by atoms with Crippen LogP contribution in [-0.4, -0.2) is 23.1 Å². The van der Waals surface area contributed by atoms with Crippen molar-refractivity contribution in [2.75, 3.05) is 0 Å². The van der Waals surface area contributed by atoms with Gasteiger partial charge in [-0.1, -0.05) is 97.4 Å². The van der Waals surface area contributed by atoms with Crippen molar-refractivity contribution in [2.24, 2.45) is 11.8 Å². The predicted molar refractivity (Wildman–Crippen MR) is 131 cm³/mol. The van der Waals surface area contributed by atoms with Crippen molar-refractivity contribution < 1.29 is 19.4 Å². The summed E-state index contributed by atoms with van der Waals surface area (Å²) in [5.74, 6) is -2.97. The molecule has 0 heterocycles. The molecule has 174 valence electrons. The Morgan fingerprint density at radius 2 is 1.12 bits per heavy atom. The first kappa shape index (κ1) is 22.4. The molecule has 2 fully saturated rings. The van der Waals surface area contributed by atoms with Gasteiger partial charge in [-0.2, -0.15) is 0 Å². The minimum absolute atomic E-state index is 0.180. The average Bonchev–Trinajstić information content (AvgIpc) is 2.85. The van der Waals surface area contributed by atoms with E-state index in [1.165, 1.54) is 5.56 Å². The van der Waals surface area contributed by atoms with Gasteiger partial charge in [-0.25, -0.2) is 0 Å². The number of rotatable bonds is 6. The summed E-state index contributed by atoms with van der Waals surface area (Å²) in [5.41, 5.74) is 2.97. The highest BCUT2D eigenvalue weighted by atomic mass is 16.5. The minimum atomic E-state index is -0.869. The molecule has 2 aliphatic carbocycles. The van der Waals surface area contributed by atoms with Crippen LogP contribution in [0.3, 0.4) is 0 Å². The second-order valence-corrected chi connectivity index (χ2v) is 9.54. The fourth-order valence-electron chi connectivity index (χ4n) is 6.08. The molecule has 5 rings (SSSR count). The Morgan fingerprint density at radius 3 is 1.62 bits per heavy atom. The Hall–Kier alpha value is -3.40. The molecule has 3 aromatic rings. The molecule has 0 spiro atoms. The van der Waals surface area contributed by atoms with Gasteiger partial charge in [0.2, 0.25) is 0 Å². The van der Waals surface area contributed by atoms with Crippen LogP contribution < -0.4 is 0 Å². The molecule has 1 unspecified atom stereocenters. The number of aliphatic carboxylic acids is 1. The molecule has 34 heavy (non-hydrogen) atoms. The zero-order valence-electron chi connectivity index (χ0n) is 19.1. The summed E-state index contributed by atoms with van der Waals surface area (Å²) in [6, 6.07) is 29.4. The SMILES string of the molecule is O=C(O)C1[C@@H](c2ccccc2)C(C(=O)OC2CCCC[C@@H]2c2ccccc2)[C@@H]1c1ccccc1. The van der Waals surface area contributed by atoms with E-state index in [9.17, 15) is 14.7 Å². The highest BCUT2D eigenvalue weighted by Gasteiger charge is 2.59. The van der Waals surface area contributed by atoms with Crippen LogP contribution in [0.15, 0.2) is 91.0 Å². The molecule has 2 saturated carbocycles. The molecule has 2 aliphatic rings. The lowest BCUT2D eigenvalue weighted by atomic mass is 9.52. The van der Waals surface area contributed by atoms with Gasteiger partial charge in [-0.15, -0.1) is 0 Å². The predicted octanol–water partition coefficient (Wildman–Crippen LogP) is 6.15. The van der Waals surface area contributed by atoms with Crippen molar-refractivity contribution >= 4 is 11.9 Å². The van der Waals surface area contributed by atoms with Gasteiger partial charge in [0.05, 0.1) is 11.8 Å². The topological polar surface area (TPSA) is 63.6 Å². The van der Waals surface area contributed by atoms with Gasteiger partial charge < -0.3 is 9.84 Å². The molecule has 4 atom stereocenters. The van der Waals surface area contributed by atoms with Crippen LogP contribution in [0.4, 0.5) is 0 Å². The summed E-state index contributed by atoms with van der Waals surface area (Å²) in [7, 11) is 0. The number of carboxylic acid groups (broad SMARTS) is 1. The van der Waals surface area contributed by atoms with Crippen LogP contribution in [0, 0.1) is 11.8 Å². The number of hydrogen-bond acceptors (Lipinski definition) is 3. The molecular formula is C30H30O4. The maximum Gasteiger partial charge on any atom is 0.310 e. The number of hydrogen-bond donors (Lipinski definition) is 1. The third-order valence-corrected chi connectivity index (χ3v) is 7.67. The van der Waals surface area contributed by atoms with E-state index in [-0.39, 0.29) is 18.0 Å². The molecule has 4 heteroatoms. The molecule has 0 aromatic heterocycles. The maximum atomic E-state index is 13.8. The van der Waals surface area contributed by atoms with Gasteiger partial charge in [-0.3, -0.25) is 9.59 Å². The number of carboxylic acids is 1. The van der Waals surface area contributed by atoms with Crippen LogP contribution in [0.5, 0.6) is 0 Å². The third-order valence-electron chi connectivity index (χ3n) is 7.67. The Bertz CT molecular complexity index is 1060. The van der Waals surface area contributed by atoms with Gasteiger partial charge in [0, 0.05) is 17.8 Å². The summed E-state index contributed by atoms with van der Waals surface area (Å²) in [5, 5.41) is 10.2. The summed E-state index contributed by atoms with van der Waals surface area (Å²) in [4.78, 5) is 26.2. The standard InChI is InChI=1S/C30H30O4/c31-29(32)27-25(21-14-6-2-7-15-21)28(26(27)22-16-8-3-9-17-22)30(33)34-24-19-11-10-18-23(24)20-12-4-1-5-13-20/h1-9,12-17,23-28H,10-11,18-19H2,(H,31,32)/t23-,24?,25-,26-,27?,28?/m1/s1. The first-order valence-electron chi connectivity index (χ1n) is 12.2. The van der Waals surface area contributed by atoms with Gasteiger partial charge >= 0.3 is 11.9 Å². The van der Waals surface area contributed by atoms with Crippen molar-refractivity contribution in [1.29, 1.82) is 0 Å². The lowest BCUT2D eigenvalue weighted by Gasteiger charge is -2.49. The van der Waals surface area contributed by atoms with E-state index in [1.807, 2.05) is 78.9 Å². The van der Waals surface area contributed by atoms with E-state index in [1.54, 1.807) is 0 Å². The van der Waals surface area contributed by atoms with Gasteiger partial charge in [0.25, 0.3) is 0 Å². The summed E-state index contributed by atoms with van der Waals surface area (Å²) >= 11 is 0. The highest BCUT2D eigenvalue weighted by Crippen LogP contribution is 2.58. The van der Waals surface area contributed by atoms with E-state index >= 15 is 0 Å². The number of carbonyl (C=O) groups is 2. The van der Waals surface area contributed by atoms with Crippen molar-refractivity contribution in [3.8, 4) is 0 Å². The molecule has 3 aromatic carbocycles. The Kier molecular flexibility index (Phi) is 6.48. The van der Waals surface area contributed by atoms with Crippen LogP contribution in [0.1, 0.15) is 60.1 Å². The monoisotopic (exact) mass is 454 g/mol. The molecular weight excluding hydrogens is 424 g/mol. The lowest BCUT2D eigenvalue weighted by molar-refractivity contribution is -0.170. The second kappa shape index (κ2) is 9.84. The fraction of sp³-hybridized carbons (Fsp3) is 0.333. The largest absolute Gasteiger partial charge is 0.481 e. The van der Waals surface area contributed by atoms with Crippen molar-refractivity contribution in [2.45, 2.75) is 49.5 Å². The van der Waals surface area contributed by atoms with E-state index in [0.29, 0.717) is 0 Å². The summed E-state index contributed by atoms with van der Waals surface area (Å²) in [6.07, 6.45) is 3.81. The first-order chi connectivity index (χ1) is 16.6. The average molecular weight is 455 g/mol. The number of benzene rings is 3. The molecule has 0 radical (unpaired) electrons. The molecule has 0 bridgehead atoms. The van der Waals surface area contributed by atoms with Crippen molar-refractivity contribution in [3.63, 3.8) is 0 Å². The first-order valence-corrected chi connectivity index (χ1v) is 12.2. The van der Waals surface area contributed by atoms with E-state index < -0.39 is 29.6 Å². The zero-order chi connectivity index (χ0) is 23.5. The highest BCUT2D eigenvalue weighted by molar-refractivity contribution is 5.84. The maximum absolute atomic E-state index is 13.8. The quantitative estimate of drug-likeness (QED) is 0.454. The van der Waals surface area contributed by atoms with E-state index in [4.69, 9.17) is 4.74 Å². The zero-order valence-corrected chi connectivity index (χ0v) is 19.1. The number of ether oxygens (including phenoxy) is 1. The summed E-state index contributed by atoms with van der Waals surface area (Å²) in [6.45, 7) is 0. The molecule has 0 saturated heterocycles. The second-order valence-electron chi connectivity index (χ2n) is 9.54. The smallest absolute Gasteiger partial charge is 0.310 e. The van der Waals surface area contributed by atoms with E-state index in [2.05, 4.69) is 12.1 Å². The third kappa shape index (κ3) is 4.25. The Balaban J connectivity index is 1.46. The van der Waals surface area contributed by atoms with Crippen LogP contribution in [-0.2, 0) is 14.3 Å². The molecule has 0 aliphatic heterocycles. The molecule has 1 N–H and O–H groups in total. The number of esters is 1. The van der Waals surface area contributed by atoms with Crippen LogP contribution >= 0.6 is 0 Å². The normalized spacial score (nSPS) is 28.5. The number of carbonyl (C=O) groups excluding carboxylic acids is 1. The lowest BCUT2D eigenvalue weighted by Crippen LogP contribution is -2.52. The summed E-state index contributed by atoms with van der Waals surface area (Å²) < 4.78 is 6.26. The van der Waals surface area contributed by atoms with E-state index in [0.717, 1.165) is 36.8 Å². The fourth-order valence-corrected chi connectivity index (χ4v) is 6.08. The molecule has 4 nitrogen and oxygen atoms in total. The Morgan fingerprint density at radius 1 is 0.647 bits per heavy atom. The van der Waals surface area contributed by atoms with Crippen LogP contribution in [0.25, 0.3) is 0 Å².